The molecule has 9 N–H and O–H groups in total. The first-order chi connectivity index (χ1) is 34.2. The Morgan fingerprint density at radius 1 is 0.795 bits per heavy atom. The predicted molar refractivity (Wildman–Crippen MR) is 224 cm³/mol. The van der Waals surface area contributed by atoms with Gasteiger partial charge in [0.15, 0.2) is 30.2 Å². The van der Waals surface area contributed by atoms with E-state index in [0.717, 1.165) is 36.6 Å². The average Bonchev–Trinajstić information content (AvgIpc) is 4.10. The van der Waals surface area contributed by atoms with Gasteiger partial charge in [-0.2, -0.15) is 0 Å². The van der Waals surface area contributed by atoms with E-state index in [9.17, 15) is 72.6 Å². The van der Waals surface area contributed by atoms with Gasteiger partial charge in [-0.05, 0) is 0 Å². The zero-order valence-electron chi connectivity index (χ0n) is 37.2. The first-order valence-electron chi connectivity index (χ1n) is 20.7. The summed E-state index contributed by atoms with van der Waals surface area (Å²) < 4.78 is 106. The highest BCUT2D eigenvalue weighted by Gasteiger charge is 2.51. The van der Waals surface area contributed by atoms with Crippen molar-refractivity contribution in [2.24, 2.45) is 7.05 Å². The summed E-state index contributed by atoms with van der Waals surface area (Å²) in [5.41, 5.74) is 3.11. The first-order valence-corrected chi connectivity index (χ1v) is 26.5. The smallest absolute Gasteiger partial charge is 0.330 e. The van der Waals surface area contributed by atoms with Gasteiger partial charge in [0.25, 0.3) is 48.4 Å². The van der Waals surface area contributed by atoms with Crippen molar-refractivity contribution in [3.05, 3.63) is 62.4 Å². The van der Waals surface area contributed by atoms with Crippen molar-refractivity contribution in [1.29, 1.82) is 0 Å². The molecule has 3 aliphatic rings. The van der Waals surface area contributed by atoms with Crippen molar-refractivity contribution in [3.63, 3.8) is 0 Å². The minimum atomic E-state index is -6.58. The maximum absolute atomic E-state index is 13.4. The molecule has 5 aromatic rings. The molecule has 0 saturated carbocycles. The Hall–Kier alpha value is -4.62. The van der Waals surface area contributed by atoms with Crippen LogP contribution in [0, 0.1) is 0 Å². The molecule has 5 aromatic heterocycles. The molecule has 3 aliphatic heterocycles. The second-order valence-electron chi connectivity index (χ2n) is 15.8. The number of phosphoric acid groups is 4. The fourth-order valence-corrected chi connectivity index (χ4v) is 12.2. The van der Waals surface area contributed by atoms with E-state index in [1.807, 2.05) is 4.98 Å². The third-order valence-corrected chi connectivity index (χ3v) is 16.2. The van der Waals surface area contributed by atoms with E-state index in [2.05, 4.69) is 47.9 Å². The van der Waals surface area contributed by atoms with Crippen molar-refractivity contribution in [3.8, 4) is 0 Å². The number of aromatic nitrogens is 10. The summed E-state index contributed by atoms with van der Waals surface area (Å²) in [6.07, 6.45) is -16.8. The van der Waals surface area contributed by atoms with Crippen LogP contribution in [-0.4, -0.2) is 153 Å². The quantitative estimate of drug-likeness (QED) is 0.0265. The van der Waals surface area contributed by atoms with Crippen molar-refractivity contribution in [2.75, 3.05) is 45.0 Å². The van der Waals surface area contributed by atoms with Gasteiger partial charge in [-0.1, -0.05) is 4.98 Å². The highest BCUT2D eigenvalue weighted by molar-refractivity contribution is 7.65. The summed E-state index contributed by atoms with van der Waals surface area (Å²) in [7, 11) is -20.8. The maximum Gasteiger partial charge on any atom is 0.330 e. The lowest BCUT2D eigenvalue weighted by Gasteiger charge is -2.35. The highest BCUT2D eigenvalue weighted by Crippen LogP contribution is 2.63. The number of methoxy groups -OCH3 is 1. The summed E-state index contributed by atoms with van der Waals surface area (Å²) in [4.78, 5) is 109. The Balaban J connectivity index is 0.937. The highest BCUT2D eigenvalue weighted by atomic mass is 31.3. The fraction of sp³-hybridized carbons (Fsp3) is 0.562. The van der Waals surface area contributed by atoms with Crippen LogP contribution >= 0.6 is 31.3 Å². The lowest BCUT2D eigenvalue weighted by molar-refractivity contribution is -0.745. The van der Waals surface area contributed by atoms with Crippen LogP contribution in [0.25, 0.3) is 22.3 Å². The van der Waals surface area contributed by atoms with Gasteiger partial charge < -0.3 is 88.1 Å². The number of aromatic amines is 2. The number of imidazole rings is 2. The molecule has 0 aromatic carbocycles. The van der Waals surface area contributed by atoms with Gasteiger partial charge in [-0.3, -0.25) is 51.5 Å². The normalized spacial score (nSPS) is 30.8. The molecule has 73 heavy (non-hydrogen) atoms. The summed E-state index contributed by atoms with van der Waals surface area (Å²) >= 11 is 0. The number of nitrogens with two attached hydrogens (primary N) is 1. The molecule has 0 spiro atoms. The zero-order valence-corrected chi connectivity index (χ0v) is 40.8. The lowest BCUT2D eigenvalue weighted by Crippen LogP contribution is -2.46. The number of nitrogens with zero attached hydrogens (tertiary/aromatic N) is 8. The number of nitrogens with one attached hydrogen (secondary N) is 3. The third-order valence-electron chi connectivity index (χ3n) is 11.1. The number of aliphatic hydroxyl groups is 4. The van der Waals surface area contributed by atoms with Gasteiger partial charge in [0.05, 0.1) is 33.2 Å². The molecule has 8 heterocycles. The van der Waals surface area contributed by atoms with Crippen LogP contribution in [0.2, 0.25) is 0 Å². The van der Waals surface area contributed by atoms with Gasteiger partial charge in [-0.25, -0.2) is 32.9 Å². The van der Waals surface area contributed by atoms with E-state index < -0.39 is 142 Å². The molecule has 0 amide bonds. The van der Waals surface area contributed by atoms with Crippen LogP contribution in [0.1, 0.15) is 18.7 Å². The summed E-state index contributed by atoms with van der Waals surface area (Å²) in [6, 6.07) is 0.905. The molecule has 402 valence electrons. The molecular weight excluding hydrogens is 1080 g/mol. The molecule has 16 atom stereocenters. The van der Waals surface area contributed by atoms with E-state index in [-0.39, 0.29) is 34.1 Å². The van der Waals surface area contributed by atoms with Gasteiger partial charge in [0.1, 0.15) is 66.8 Å². The number of aliphatic hydroxyl groups excluding tert-OH is 4. The summed E-state index contributed by atoms with van der Waals surface area (Å²) in [5.74, 6) is -0.116. The molecule has 0 radical (unpaired) electrons. The van der Waals surface area contributed by atoms with Crippen molar-refractivity contribution in [1.82, 2.24) is 43.6 Å². The summed E-state index contributed by atoms with van der Waals surface area (Å²) in [5, 5.41) is 45.3. The maximum atomic E-state index is 13.4. The number of rotatable bonds is 20. The van der Waals surface area contributed by atoms with Crippen LogP contribution in [0.5, 0.6) is 0 Å². The number of nitrogen functional groups attached to an aromatic ring is 1. The SMILES string of the molecule is CNc1ncnc2c1ncn2[C@@H]1O[C@H](COP(=O)([O-])OP(=O)([O-])OP(=O)([O-])OC[C@H]2O[C@@H]([n+]3cn(C)c4c(=O)[nH]c(N)nc43)C(O)[C@H]2O)C(OP(=O)([O-])OC[C@H]2O[C@@H](n3ccc(=O)[nH]c3=O)[C@@H](O)C2O)[C@@H]1OC. The van der Waals surface area contributed by atoms with Crippen molar-refractivity contribution in [2.45, 2.75) is 73.6 Å². The van der Waals surface area contributed by atoms with Crippen LogP contribution in [0.4, 0.5) is 11.8 Å². The molecule has 0 aliphatic carbocycles. The molecule has 3 fully saturated rings. The van der Waals surface area contributed by atoms with Gasteiger partial charge in [0.2, 0.25) is 11.7 Å². The fourth-order valence-electron chi connectivity index (χ4n) is 7.92. The molecular formula is C32H41N12O25P4-3. The molecule has 7 unspecified atom stereocenters. The minimum absolute atomic E-state index is 0.0382. The number of fused-ring (bicyclic) bond motifs is 2. The Labute approximate surface area is 405 Å². The van der Waals surface area contributed by atoms with Crippen molar-refractivity contribution < 1.29 is 108 Å². The molecule has 8 rings (SSSR count). The predicted octanol–water partition coefficient (Wildman–Crippen LogP) is -6.94. The second kappa shape index (κ2) is 20.8. The standard InChI is InChI=1S/C32H44N12O25P4/c1-34-24-16-25(36-9-35-24)43(10-37-16)30-23(60-3)22(67-70(52,53)61-6-12-18(46)20(48)28(64-12)42-5-4-15(45)38-32(42)51)14(66-30)8-63-72(56,57)69-73(58,59)68-71(54,55)62-7-13-19(47)21(49)29(65-13)44-11-41(2)17-26(44)39-31(33)40-27(17)50/h4-5,9-14,18-23,28-30,46-49H,6-8H2,1-3H3,(H8-,33,34,35,36,38,39,40,45,50,51,52,53,54,55,56,57,58,59)/p-3/t12-,13-,14-,18?,19+,20+,21?,22?,23+,28-,29-,30-/m1/s1. The van der Waals surface area contributed by atoms with Gasteiger partial charge in [-0.15, -0.1) is 0 Å². The first kappa shape index (κ1) is 54.6. The number of hydrogen-bond donors (Lipinski definition) is 8. The van der Waals surface area contributed by atoms with E-state index in [1.165, 1.54) is 29.6 Å². The zero-order chi connectivity index (χ0) is 53.1. The number of aryl methyl sites for hydroxylation is 1. The van der Waals surface area contributed by atoms with Crippen LogP contribution < -0.4 is 52.0 Å². The average molecular weight is 1120 g/mol. The number of phosphoric ester groups is 3. The van der Waals surface area contributed by atoms with E-state index in [4.69, 9.17) is 33.7 Å². The Kier molecular flexibility index (Phi) is 15.6. The monoisotopic (exact) mass is 1120 g/mol. The molecule has 37 nitrogen and oxygen atoms in total. The topological polar surface area (TPSA) is 525 Å². The minimum Gasteiger partial charge on any atom is -0.756 e. The van der Waals surface area contributed by atoms with E-state index in [0.29, 0.717) is 4.57 Å². The summed E-state index contributed by atoms with van der Waals surface area (Å²) in [6.45, 7) is -3.75. The molecule has 41 heteroatoms. The largest absolute Gasteiger partial charge is 0.756 e. The Bertz CT molecular complexity index is 3240. The van der Waals surface area contributed by atoms with Crippen LogP contribution in [-0.2, 0) is 71.0 Å². The molecule has 3 saturated heterocycles. The van der Waals surface area contributed by atoms with E-state index >= 15 is 0 Å². The number of anilines is 2. The van der Waals surface area contributed by atoms with Crippen LogP contribution in [0.3, 0.4) is 0 Å². The second-order valence-corrected chi connectivity index (χ2v) is 21.7. The Morgan fingerprint density at radius 2 is 1.41 bits per heavy atom. The number of hydrogen-bond acceptors (Lipinski definition) is 31. The van der Waals surface area contributed by atoms with Gasteiger partial charge >= 0.3 is 11.3 Å². The Morgan fingerprint density at radius 3 is 2.05 bits per heavy atom. The van der Waals surface area contributed by atoms with E-state index in [1.54, 1.807) is 0 Å². The lowest BCUT2D eigenvalue weighted by atomic mass is 10.1. The number of ether oxygens (including phenoxy) is 4. The van der Waals surface area contributed by atoms with Gasteiger partial charge in [0, 0.05) is 26.4 Å². The molecule has 0 bridgehead atoms. The number of H-pyrrole nitrogens is 2. The van der Waals surface area contributed by atoms with Crippen molar-refractivity contribution >= 4 is 65.4 Å². The van der Waals surface area contributed by atoms with Crippen LogP contribution in [0.15, 0.2) is 45.6 Å². The third kappa shape index (κ3) is 11.5.